The van der Waals surface area contributed by atoms with Crippen molar-refractivity contribution in [2.75, 3.05) is 60.5 Å². The molecule has 2 aliphatic rings. The second kappa shape index (κ2) is 34.7. The molecular formula is C65H93F2N13O12. The van der Waals surface area contributed by atoms with Crippen LogP contribution in [-0.4, -0.2) is 214 Å². The molecule has 92 heavy (non-hydrogen) atoms. The van der Waals surface area contributed by atoms with E-state index in [1.54, 1.807) is 145 Å². The fourth-order valence-electron chi connectivity index (χ4n) is 10.2. The normalized spacial score (nSPS) is 16.5. The van der Waals surface area contributed by atoms with E-state index in [1.165, 1.54) is 63.0 Å². The lowest BCUT2D eigenvalue weighted by Crippen LogP contribution is -2.59. The lowest BCUT2D eigenvalue weighted by atomic mass is 10.1. The number of carboxylic acids is 1. The molecule has 2 aliphatic heterocycles. The van der Waals surface area contributed by atoms with Crippen molar-refractivity contribution in [1.29, 1.82) is 0 Å². The van der Waals surface area contributed by atoms with Gasteiger partial charge in [-0.15, -0.1) is 0 Å². The molecule has 0 radical (unpaired) electrons. The Bertz CT molecular complexity index is 3240. The van der Waals surface area contributed by atoms with E-state index in [0.717, 1.165) is 30.4 Å². The quantitative estimate of drug-likeness (QED) is 0.0611. The molecule has 504 valence electrons. The molecule has 0 bridgehead atoms. The highest BCUT2D eigenvalue weighted by Crippen LogP contribution is 2.25. The van der Waals surface area contributed by atoms with Crippen LogP contribution in [0.2, 0.25) is 0 Å². The van der Waals surface area contributed by atoms with Crippen LogP contribution in [-0.2, 0) is 67.4 Å². The van der Waals surface area contributed by atoms with Crippen molar-refractivity contribution >= 4 is 47.5 Å². The Hall–Kier alpha value is -8.59. The number of halogens is 2. The Balaban J connectivity index is 0.000000296. The number of carboxylic acid groups (broad SMARTS) is 1. The van der Waals surface area contributed by atoms with Gasteiger partial charge in [0.15, 0.2) is 5.69 Å². The number of hydrogen-bond acceptors (Lipinski definition) is 14. The molecule has 5 heterocycles. The van der Waals surface area contributed by atoms with Gasteiger partial charge < -0.3 is 63.3 Å². The molecule has 5 aromatic rings. The number of carbonyl (C=O) groups is 8. The van der Waals surface area contributed by atoms with Crippen molar-refractivity contribution in [3.8, 4) is 0 Å². The van der Waals surface area contributed by atoms with Gasteiger partial charge in [0.2, 0.25) is 23.6 Å². The number of benzene rings is 2. The summed E-state index contributed by atoms with van der Waals surface area (Å²) in [6, 6.07) is 9.07. The highest BCUT2D eigenvalue weighted by molar-refractivity contribution is 5.94. The third kappa shape index (κ3) is 21.8. The number of nitrogens with one attached hydrogen (secondary N) is 2. The highest BCUT2D eigenvalue weighted by Gasteiger charge is 2.41. The number of methoxy groups -OCH3 is 2. The number of imidazole rings is 3. The second-order valence-electron chi connectivity index (χ2n) is 24.4. The fourth-order valence-corrected chi connectivity index (χ4v) is 10.2. The third-order valence-electron chi connectivity index (χ3n) is 16.2. The zero-order chi connectivity index (χ0) is 68.1. The summed E-state index contributed by atoms with van der Waals surface area (Å²) >= 11 is 0. The topological polar surface area (TPSA) is 278 Å². The second-order valence-corrected chi connectivity index (χ2v) is 24.4. The highest BCUT2D eigenvalue weighted by atomic mass is 19.1. The molecule has 27 heteroatoms. The summed E-state index contributed by atoms with van der Waals surface area (Å²) in [4.78, 5) is 123. The van der Waals surface area contributed by atoms with Crippen molar-refractivity contribution in [3.63, 3.8) is 0 Å². The number of aryl methyl sites for hydroxylation is 3. The van der Waals surface area contributed by atoms with Gasteiger partial charge in [-0.1, -0.05) is 38.1 Å². The van der Waals surface area contributed by atoms with E-state index < -0.39 is 53.9 Å². The number of hydrogen-bond donors (Lipinski definition) is 3. The fraction of sp³-hybridized carbons (Fsp3) is 0.554. The van der Waals surface area contributed by atoms with Crippen LogP contribution < -0.4 is 10.6 Å². The minimum atomic E-state index is -1.03. The molecule has 8 atom stereocenters. The molecule has 25 nitrogen and oxygen atoms in total. The van der Waals surface area contributed by atoms with Gasteiger partial charge in [-0.3, -0.25) is 33.7 Å². The SMILES string of the molecule is CC[C@@H](C)C(=O)N[C@H](C(=O)N1CCC[C@H]1CN(CCc1ccc(F)cc1)C(=O)c1cn(C)cn1)[C@@H](C)OC.CO[C@H](C)[C@H](NC(=O)[C@H](C)N(C)C(=O)OC(C)(C)C)C(=O)N1CCC[C@H]1CN(CCc1ccc(F)cc1)C(=O)c1cn(C)cn1.Cn1cnc(C(=O)O)c1. The summed E-state index contributed by atoms with van der Waals surface area (Å²) in [5, 5.41) is 14.0. The predicted octanol–water partition coefficient (Wildman–Crippen LogP) is 5.93. The van der Waals surface area contributed by atoms with Gasteiger partial charge in [0, 0.05) is 118 Å². The van der Waals surface area contributed by atoms with Crippen LogP contribution in [0.3, 0.4) is 0 Å². The molecule has 7 rings (SSSR count). The van der Waals surface area contributed by atoms with E-state index in [-0.39, 0.29) is 77.1 Å². The van der Waals surface area contributed by atoms with Crippen molar-refractivity contribution in [3.05, 3.63) is 126 Å². The van der Waals surface area contributed by atoms with Gasteiger partial charge in [-0.05, 0) is 122 Å². The van der Waals surface area contributed by atoms with Gasteiger partial charge >= 0.3 is 12.1 Å². The Kier molecular flexibility index (Phi) is 28.0. The molecule has 3 N–H and O–H groups in total. The molecule has 3 aromatic heterocycles. The first-order valence-electron chi connectivity index (χ1n) is 30.9. The van der Waals surface area contributed by atoms with E-state index in [1.807, 2.05) is 13.8 Å². The lowest BCUT2D eigenvalue weighted by molar-refractivity contribution is -0.142. The molecule has 2 aromatic carbocycles. The van der Waals surface area contributed by atoms with Crippen molar-refractivity contribution < 1.29 is 66.5 Å². The molecule has 0 aliphatic carbocycles. The molecule has 7 amide bonds. The molecule has 2 saturated heterocycles. The van der Waals surface area contributed by atoms with Crippen LogP contribution in [0.15, 0.2) is 86.1 Å². The number of aromatic carboxylic acids is 1. The van der Waals surface area contributed by atoms with Crippen LogP contribution in [0, 0.1) is 17.6 Å². The zero-order valence-electron chi connectivity index (χ0n) is 55.5. The Labute approximate surface area is 537 Å². The first-order valence-corrected chi connectivity index (χ1v) is 30.9. The first-order chi connectivity index (χ1) is 43.4. The van der Waals surface area contributed by atoms with Gasteiger partial charge in [0.05, 0.1) is 31.2 Å². The summed E-state index contributed by atoms with van der Waals surface area (Å²) < 4.78 is 48.2. The number of rotatable bonds is 25. The van der Waals surface area contributed by atoms with Gasteiger partial charge in [-0.25, -0.2) is 33.3 Å². The van der Waals surface area contributed by atoms with E-state index in [0.29, 0.717) is 64.1 Å². The zero-order valence-corrected chi connectivity index (χ0v) is 55.5. The van der Waals surface area contributed by atoms with E-state index in [2.05, 4.69) is 25.6 Å². The lowest BCUT2D eigenvalue weighted by Gasteiger charge is -2.35. The average Bonchev–Trinajstić information content (AvgIpc) is 1.58. The van der Waals surface area contributed by atoms with Gasteiger partial charge in [0.1, 0.15) is 46.7 Å². The minimum absolute atomic E-state index is 0.0810. The molecule has 0 unspecified atom stereocenters. The number of likely N-dealkylation sites (N-methyl/N-ethyl adjacent to an activating group) is 1. The van der Waals surface area contributed by atoms with Crippen molar-refractivity contribution in [1.82, 2.24) is 63.8 Å². The summed E-state index contributed by atoms with van der Waals surface area (Å²) in [6.45, 7) is 16.3. The summed E-state index contributed by atoms with van der Waals surface area (Å²) in [6.07, 6.45) is 12.1. The summed E-state index contributed by atoms with van der Waals surface area (Å²) in [5.74, 6) is -3.61. The number of amides is 7. The summed E-state index contributed by atoms with van der Waals surface area (Å²) in [5.41, 5.74) is 1.74. The number of carbonyl (C=O) groups excluding carboxylic acids is 7. The predicted molar refractivity (Wildman–Crippen MR) is 338 cm³/mol. The Morgan fingerprint density at radius 1 is 0.630 bits per heavy atom. The van der Waals surface area contributed by atoms with Crippen LogP contribution in [0.4, 0.5) is 13.6 Å². The van der Waals surface area contributed by atoms with E-state index in [4.69, 9.17) is 19.3 Å². The Morgan fingerprint density at radius 3 is 1.34 bits per heavy atom. The molecular weight excluding hydrogens is 1190 g/mol. The van der Waals surface area contributed by atoms with Crippen molar-refractivity contribution in [2.24, 2.45) is 27.1 Å². The largest absolute Gasteiger partial charge is 0.476 e. The van der Waals surface area contributed by atoms with Gasteiger partial charge in [-0.2, -0.15) is 0 Å². The summed E-state index contributed by atoms with van der Waals surface area (Å²) in [7, 11) is 9.74. The van der Waals surface area contributed by atoms with E-state index in [9.17, 15) is 47.1 Å². The first kappa shape index (κ1) is 74.1. The monoisotopic (exact) mass is 1290 g/mol. The molecule has 0 spiro atoms. The van der Waals surface area contributed by atoms with Crippen LogP contribution in [0.5, 0.6) is 0 Å². The maximum absolute atomic E-state index is 14.0. The molecule has 2 fully saturated rings. The Morgan fingerprint density at radius 2 is 1.01 bits per heavy atom. The average molecular weight is 1290 g/mol. The number of aromatic nitrogens is 6. The van der Waals surface area contributed by atoms with Crippen LogP contribution in [0.25, 0.3) is 0 Å². The number of likely N-dealkylation sites (tertiary alicyclic amines) is 2. The third-order valence-corrected chi connectivity index (χ3v) is 16.2. The maximum atomic E-state index is 14.0. The maximum Gasteiger partial charge on any atom is 0.410 e. The number of nitrogens with zero attached hydrogens (tertiary/aromatic N) is 11. The molecule has 0 saturated carbocycles. The van der Waals surface area contributed by atoms with Crippen LogP contribution >= 0.6 is 0 Å². The van der Waals surface area contributed by atoms with Gasteiger partial charge in [0.25, 0.3) is 11.8 Å². The minimum Gasteiger partial charge on any atom is -0.476 e. The standard InChI is InChI=1S/C32H47FN6O6.C28H40FN5O4.C5H6N2O2/c1-21(37(7)31(43)45-32(3,4)5)28(40)35-27(22(2)44-8)30(42)39-16-9-10-25(39)18-38(29(41)26-19-36(6)20-34-26)17-15-23-11-13-24(33)14-12-23;1-6-19(2)26(35)31-25(20(3)38-5)28(37)34-14-7-8-23(34)16-33(27(36)24-17-32(4)18-30-24)15-13-21-9-11-22(29)12-10-21;1-7-2-4(5(8)9)6-3-7/h11-14,19-22,25,27H,9-10,15-18H2,1-8H3,(H,35,40);9-12,17-20,23,25H,6-8,13-16H2,1-5H3,(H,31,35);2-3H,1H3,(H,8,9)/t21-,22+,25-,27-;19-,20-,23+,25+;/m01./s1. The smallest absolute Gasteiger partial charge is 0.410 e. The van der Waals surface area contributed by atoms with Crippen LogP contribution in [0.1, 0.15) is 130 Å². The van der Waals surface area contributed by atoms with Crippen molar-refractivity contribution in [2.45, 2.75) is 148 Å². The van der Waals surface area contributed by atoms with E-state index >= 15 is 0 Å². The number of ether oxygens (including phenoxy) is 3.